The number of rotatable bonds is 3. The smallest absolute Gasteiger partial charge is 0.269 e. The van der Waals surface area contributed by atoms with Crippen molar-refractivity contribution in [1.82, 2.24) is 4.31 Å². The molecular weight excluding hydrogens is 464 g/mol. The minimum absolute atomic E-state index is 0.100. The Hall–Kier alpha value is -3.78. The van der Waals surface area contributed by atoms with Gasteiger partial charge in [-0.05, 0) is 54.3 Å². The number of sulfonamides is 1. The highest BCUT2D eigenvalue weighted by molar-refractivity contribution is 7.90. The molecule has 3 aliphatic rings. The Kier molecular flexibility index (Phi) is 4.89. The summed E-state index contributed by atoms with van der Waals surface area (Å²) in [7, 11) is -4.01. The second kappa shape index (κ2) is 7.88. The Morgan fingerprint density at radius 2 is 1.49 bits per heavy atom. The van der Waals surface area contributed by atoms with E-state index >= 15 is 0 Å². The zero-order chi connectivity index (χ0) is 24.3. The molecule has 0 aromatic heterocycles. The van der Waals surface area contributed by atoms with Gasteiger partial charge >= 0.3 is 0 Å². The van der Waals surface area contributed by atoms with Gasteiger partial charge in [-0.25, -0.2) is 12.7 Å². The van der Waals surface area contributed by atoms with E-state index in [9.17, 15) is 22.8 Å². The number of amides is 2. The van der Waals surface area contributed by atoms with Crippen LogP contribution < -0.4 is 5.32 Å². The summed E-state index contributed by atoms with van der Waals surface area (Å²) < 4.78 is 27.5. The van der Waals surface area contributed by atoms with E-state index in [1.807, 2.05) is 18.2 Å². The number of benzene rings is 3. The maximum absolute atomic E-state index is 13.2. The van der Waals surface area contributed by atoms with Crippen LogP contribution in [0.5, 0.6) is 0 Å². The fourth-order valence-electron chi connectivity index (χ4n) is 5.37. The van der Waals surface area contributed by atoms with Gasteiger partial charge in [0.1, 0.15) is 4.90 Å². The highest BCUT2D eigenvalue weighted by atomic mass is 32.2. The van der Waals surface area contributed by atoms with E-state index in [0.717, 1.165) is 34.7 Å². The number of hydrogen-bond acceptors (Lipinski definition) is 5. The maximum atomic E-state index is 13.2. The predicted molar refractivity (Wildman–Crippen MR) is 130 cm³/mol. The lowest BCUT2D eigenvalue weighted by Crippen LogP contribution is -2.40. The lowest BCUT2D eigenvalue weighted by atomic mass is 9.95. The van der Waals surface area contributed by atoms with Crippen LogP contribution in [-0.4, -0.2) is 36.4 Å². The van der Waals surface area contributed by atoms with E-state index in [4.69, 9.17) is 0 Å². The van der Waals surface area contributed by atoms with Crippen LogP contribution in [0.15, 0.2) is 65.6 Å². The predicted octanol–water partition coefficient (Wildman–Crippen LogP) is 4.63. The van der Waals surface area contributed by atoms with Crippen LogP contribution in [0, 0.1) is 0 Å². The Morgan fingerprint density at radius 1 is 0.800 bits per heavy atom. The number of hydrogen-bond donors (Lipinski definition) is 1. The summed E-state index contributed by atoms with van der Waals surface area (Å²) in [4.78, 5) is 38.6. The molecule has 2 aliphatic carbocycles. The van der Waals surface area contributed by atoms with E-state index in [0.29, 0.717) is 29.7 Å². The fourth-order valence-corrected chi connectivity index (χ4v) is 7.22. The number of fused-ring (bicyclic) bond motifs is 4. The molecule has 1 N–H and O–H groups in total. The molecule has 0 bridgehead atoms. The van der Waals surface area contributed by atoms with Crippen molar-refractivity contribution in [3.05, 3.63) is 82.9 Å². The lowest BCUT2D eigenvalue weighted by Gasteiger charge is -2.29. The molecule has 2 amide bonds. The highest BCUT2D eigenvalue weighted by Gasteiger charge is 2.45. The van der Waals surface area contributed by atoms with E-state index in [2.05, 4.69) is 5.32 Å². The third-order valence-corrected chi connectivity index (χ3v) is 8.98. The average molecular weight is 487 g/mol. The first kappa shape index (κ1) is 21.7. The van der Waals surface area contributed by atoms with Crippen LogP contribution in [0.2, 0.25) is 0 Å². The largest absolute Gasteiger partial charge is 0.322 e. The molecule has 3 aromatic rings. The van der Waals surface area contributed by atoms with Gasteiger partial charge in [0.15, 0.2) is 5.78 Å². The lowest BCUT2D eigenvalue weighted by molar-refractivity contribution is 0.0809. The molecular formula is C27H22N2O5S. The molecule has 0 spiro atoms. The van der Waals surface area contributed by atoms with Gasteiger partial charge in [-0.2, -0.15) is 0 Å². The van der Waals surface area contributed by atoms with Gasteiger partial charge in [0.25, 0.3) is 21.8 Å². The van der Waals surface area contributed by atoms with Gasteiger partial charge in [0.2, 0.25) is 0 Å². The molecule has 1 fully saturated rings. The summed E-state index contributed by atoms with van der Waals surface area (Å²) in [6.07, 6.45) is 4.14. The Morgan fingerprint density at radius 3 is 2.26 bits per heavy atom. The van der Waals surface area contributed by atoms with Crippen LogP contribution in [-0.2, 0) is 10.0 Å². The van der Waals surface area contributed by atoms with Crippen LogP contribution in [0.3, 0.4) is 0 Å². The number of nitrogens with one attached hydrogen (secondary N) is 1. The quantitative estimate of drug-likeness (QED) is 0.455. The molecule has 1 aliphatic heterocycles. The van der Waals surface area contributed by atoms with Crippen molar-refractivity contribution < 1.29 is 22.8 Å². The van der Waals surface area contributed by atoms with Crippen molar-refractivity contribution in [3.63, 3.8) is 0 Å². The molecule has 8 heteroatoms. The molecule has 0 atom stereocenters. The van der Waals surface area contributed by atoms with Crippen LogP contribution >= 0.6 is 0 Å². The molecule has 7 nitrogen and oxygen atoms in total. The molecule has 0 saturated heterocycles. The number of carbonyl (C=O) groups excluding carboxylic acids is 3. The molecule has 6 rings (SSSR count). The molecule has 35 heavy (non-hydrogen) atoms. The van der Waals surface area contributed by atoms with E-state index in [1.54, 1.807) is 24.3 Å². The van der Waals surface area contributed by atoms with Gasteiger partial charge in [-0.3, -0.25) is 14.4 Å². The van der Waals surface area contributed by atoms with Crippen molar-refractivity contribution in [2.75, 3.05) is 5.32 Å². The summed E-state index contributed by atoms with van der Waals surface area (Å²) in [5, 5.41) is 2.76. The zero-order valence-corrected chi connectivity index (χ0v) is 19.6. The van der Waals surface area contributed by atoms with E-state index < -0.39 is 21.8 Å². The third kappa shape index (κ3) is 3.31. The Balaban J connectivity index is 1.28. The third-order valence-electron chi connectivity index (χ3n) is 7.10. The monoisotopic (exact) mass is 486 g/mol. The first-order valence-electron chi connectivity index (χ1n) is 11.7. The van der Waals surface area contributed by atoms with Crippen molar-refractivity contribution in [3.8, 4) is 11.1 Å². The summed E-state index contributed by atoms with van der Waals surface area (Å²) in [6.45, 7) is 0. The molecule has 0 radical (unpaired) electrons. The Labute approximate surface area is 202 Å². The van der Waals surface area contributed by atoms with Gasteiger partial charge < -0.3 is 5.32 Å². The van der Waals surface area contributed by atoms with Gasteiger partial charge in [0.05, 0.1) is 5.56 Å². The molecule has 1 saturated carbocycles. The summed E-state index contributed by atoms with van der Waals surface area (Å²) in [6, 6.07) is 16.3. The average Bonchev–Trinajstić information content (AvgIpc) is 3.26. The highest BCUT2D eigenvalue weighted by Crippen LogP contribution is 2.39. The van der Waals surface area contributed by atoms with Crippen LogP contribution in [0.4, 0.5) is 5.69 Å². The number of anilines is 1. The normalized spacial score (nSPS) is 18.2. The van der Waals surface area contributed by atoms with Crippen molar-refractivity contribution in [1.29, 1.82) is 0 Å². The number of nitrogens with zero attached hydrogens (tertiary/aromatic N) is 1. The molecule has 176 valence electrons. The van der Waals surface area contributed by atoms with Crippen LogP contribution in [0.25, 0.3) is 11.1 Å². The summed E-state index contributed by atoms with van der Waals surface area (Å²) in [5.74, 6) is -1.14. The van der Waals surface area contributed by atoms with E-state index in [-0.39, 0.29) is 27.8 Å². The number of ketones is 1. The zero-order valence-electron chi connectivity index (χ0n) is 18.8. The minimum atomic E-state index is -4.01. The fraction of sp³-hybridized carbons (Fsp3) is 0.222. The summed E-state index contributed by atoms with van der Waals surface area (Å²) >= 11 is 0. The first-order valence-corrected chi connectivity index (χ1v) is 13.1. The second-order valence-corrected chi connectivity index (χ2v) is 11.0. The Bertz CT molecular complexity index is 1540. The second-order valence-electron chi connectivity index (χ2n) is 9.20. The van der Waals surface area contributed by atoms with Crippen LogP contribution in [0.1, 0.15) is 68.7 Å². The maximum Gasteiger partial charge on any atom is 0.269 e. The van der Waals surface area contributed by atoms with Crippen molar-refractivity contribution >= 4 is 33.3 Å². The SMILES string of the molecule is O=C(Nc1ccc2c(c1)C(=O)c1ccccc1-2)c1ccc2c(c1)S(=O)(=O)N(C1CCCCC1)C2=O. The van der Waals surface area contributed by atoms with Gasteiger partial charge in [-0.1, -0.05) is 49.6 Å². The molecule has 1 heterocycles. The molecule has 0 unspecified atom stereocenters. The van der Waals surface area contributed by atoms with Crippen molar-refractivity contribution in [2.45, 2.75) is 43.0 Å². The number of carbonyl (C=O) groups is 3. The molecule has 3 aromatic carbocycles. The van der Waals surface area contributed by atoms with Gasteiger partial charge in [-0.15, -0.1) is 0 Å². The summed E-state index contributed by atoms with van der Waals surface area (Å²) in [5.41, 5.74) is 3.47. The standard InChI is InChI=1S/C27H22N2O5S/c30-25-21-9-5-4-8-19(21)20-13-11-17(15-23(20)25)28-26(31)16-10-12-22-24(14-16)35(33,34)29(27(22)32)18-6-2-1-3-7-18/h4-5,8-15,18H,1-3,6-7H2,(H,28,31). The first-order chi connectivity index (χ1) is 16.9. The minimum Gasteiger partial charge on any atom is -0.322 e. The van der Waals surface area contributed by atoms with Crippen molar-refractivity contribution in [2.24, 2.45) is 0 Å². The van der Waals surface area contributed by atoms with E-state index in [1.165, 1.54) is 18.2 Å². The van der Waals surface area contributed by atoms with Gasteiger partial charge in [0, 0.05) is 28.4 Å². The topological polar surface area (TPSA) is 101 Å².